The van der Waals surface area contributed by atoms with Gasteiger partial charge in [-0.05, 0) is 38.5 Å². The maximum absolute atomic E-state index is 13.8. The number of carbonyl (C=O) groups is 1. The number of nitrogens with zero attached hydrogens (tertiary/aromatic N) is 4. The van der Waals surface area contributed by atoms with Gasteiger partial charge >= 0.3 is 5.97 Å². The van der Waals surface area contributed by atoms with Crippen molar-refractivity contribution >= 4 is 34.8 Å². The van der Waals surface area contributed by atoms with E-state index in [1.54, 1.807) is 26.8 Å². The van der Waals surface area contributed by atoms with Crippen molar-refractivity contribution in [2.24, 2.45) is 4.99 Å². The van der Waals surface area contributed by atoms with E-state index >= 15 is 0 Å². The molecule has 1 aromatic heterocycles. The molecule has 13 nitrogen and oxygen atoms in total. The number of hydrogen-bond donors (Lipinski definition) is 0. The predicted octanol–water partition coefficient (Wildman–Crippen LogP) is 2.65. The lowest BCUT2D eigenvalue weighted by Gasteiger charge is -2.24. The Kier molecular flexibility index (Phi) is 6.48. The first-order valence-corrected chi connectivity index (χ1v) is 12.4. The molecule has 0 radical (unpaired) electrons. The summed E-state index contributed by atoms with van der Waals surface area (Å²) in [6.07, 6.45) is 1.35. The predicted molar refractivity (Wildman–Crippen MR) is 137 cm³/mol. The van der Waals surface area contributed by atoms with Crippen LogP contribution in [-0.2, 0) is 9.53 Å². The van der Waals surface area contributed by atoms with Crippen LogP contribution in [0, 0.1) is 27.2 Å². The van der Waals surface area contributed by atoms with E-state index in [4.69, 9.17) is 14.2 Å². The van der Waals surface area contributed by atoms with Gasteiger partial charge in [-0.2, -0.15) is 0 Å². The molecule has 0 unspecified atom stereocenters. The Morgan fingerprint density at radius 2 is 1.85 bits per heavy atom. The second kappa shape index (κ2) is 9.79. The highest BCUT2D eigenvalue weighted by atomic mass is 32.1. The minimum Gasteiger partial charge on any atom is -0.463 e. The number of esters is 1. The lowest BCUT2D eigenvalue weighted by molar-refractivity contribution is -0.385. The first-order chi connectivity index (χ1) is 18.6. The standard InChI is InChI=1S/C25H20N4O9S/c1-4-36-24(31)21-13(3)26-25-27(22(21)14-6-5-12(2)16(7-14)28(32)33)23(30)20(39-25)9-15-8-18-19(38-11-37-18)10-17(15)29(34)35/h5-10,22H,4,11H2,1-3H3/b20-9+/t22-/m1/s1. The highest BCUT2D eigenvalue weighted by molar-refractivity contribution is 7.07. The topological polar surface area (TPSA) is 165 Å². The number of ether oxygens (including phenoxy) is 3. The summed E-state index contributed by atoms with van der Waals surface area (Å²) in [6.45, 7) is 4.78. The van der Waals surface area contributed by atoms with Crippen molar-refractivity contribution in [3.05, 3.63) is 98.2 Å². The first-order valence-electron chi connectivity index (χ1n) is 11.6. The third kappa shape index (κ3) is 4.44. The maximum atomic E-state index is 13.8. The van der Waals surface area contributed by atoms with Gasteiger partial charge in [-0.15, -0.1) is 0 Å². The van der Waals surface area contributed by atoms with Crippen LogP contribution in [0.15, 0.2) is 51.4 Å². The molecule has 5 rings (SSSR count). The highest BCUT2D eigenvalue weighted by Crippen LogP contribution is 2.38. The monoisotopic (exact) mass is 552 g/mol. The molecule has 14 heteroatoms. The van der Waals surface area contributed by atoms with Gasteiger partial charge < -0.3 is 14.2 Å². The molecule has 0 saturated heterocycles. The molecule has 2 aliphatic rings. The fourth-order valence-corrected chi connectivity index (χ4v) is 5.50. The molecule has 200 valence electrons. The van der Waals surface area contributed by atoms with Gasteiger partial charge in [-0.3, -0.25) is 29.6 Å². The molecule has 2 aliphatic heterocycles. The van der Waals surface area contributed by atoms with Crippen LogP contribution in [0.25, 0.3) is 6.08 Å². The molecule has 0 amide bonds. The lowest BCUT2D eigenvalue weighted by Crippen LogP contribution is -2.40. The van der Waals surface area contributed by atoms with E-state index < -0.39 is 27.4 Å². The quantitative estimate of drug-likeness (QED) is 0.254. The third-order valence-electron chi connectivity index (χ3n) is 6.27. The Hall–Kier alpha value is -4.85. The van der Waals surface area contributed by atoms with Crippen molar-refractivity contribution < 1.29 is 28.9 Å². The molecular formula is C25H20N4O9S. The zero-order chi connectivity index (χ0) is 28.0. The molecule has 1 atom stereocenters. The molecule has 0 fully saturated rings. The summed E-state index contributed by atoms with van der Waals surface area (Å²) < 4.78 is 17.2. The summed E-state index contributed by atoms with van der Waals surface area (Å²) in [4.78, 5) is 53.7. The molecule has 0 saturated carbocycles. The second-order valence-corrected chi connectivity index (χ2v) is 9.64. The van der Waals surface area contributed by atoms with Gasteiger partial charge in [0, 0.05) is 11.6 Å². The summed E-state index contributed by atoms with van der Waals surface area (Å²) >= 11 is 0.967. The average molecular weight is 553 g/mol. The molecule has 3 heterocycles. The zero-order valence-corrected chi connectivity index (χ0v) is 21.6. The molecule has 0 N–H and O–H groups in total. The summed E-state index contributed by atoms with van der Waals surface area (Å²) in [5, 5.41) is 23.4. The number of rotatable bonds is 6. The van der Waals surface area contributed by atoms with E-state index in [9.17, 15) is 29.8 Å². The van der Waals surface area contributed by atoms with E-state index in [1.165, 1.54) is 34.9 Å². The largest absolute Gasteiger partial charge is 0.463 e. The van der Waals surface area contributed by atoms with Crippen LogP contribution in [-0.4, -0.2) is 33.8 Å². The Morgan fingerprint density at radius 1 is 1.15 bits per heavy atom. The van der Waals surface area contributed by atoms with Crippen molar-refractivity contribution in [1.29, 1.82) is 0 Å². The van der Waals surface area contributed by atoms with E-state index in [-0.39, 0.29) is 56.7 Å². The van der Waals surface area contributed by atoms with E-state index in [0.29, 0.717) is 16.9 Å². The summed E-state index contributed by atoms with van der Waals surface area (Å²) in [7, 11) is 0. The zero-order valence-electron chi connectivity index (χ0n) is 20.8. The van der Waals surface area contributed by atoms with Crippen molar-refractivity contribution in [2.75, 3.05) is 13.4 Å². The average Bonchev–Trinajstić information content (AvgIpc) is 3.46. The number of fused-ring (bicyclic) bond motifs is 2. The fraction of sp³-hybridized carbons (Fsp3) is 0.240. The Morgan fingerprint density at radius 3 is 2.51 bits per heavy atom. The highest BCUT2D eigenvalue weighted by Gasteiger charge is 2.34. The SMILES string of the molecule is CCOC(=O)C1=C(C)N=c2s/c(=C/c3cc4c(cc3[N+](=O)[O-])OCO4)c(=O)n2[C@@H]1c1ccc(C)c([N+](=O)[O-])c1. The minimum absolute atomic E-state index is 0.0583. The van der Waals surface area contributed by atoms with Crippen LogP contribution in [0.2, 0.25) is 0 Å². The molecule has 2 aromatic carbocycles. The van der Waals surface area contributed by atoms with Gasteiger partial charge in [-0.1, -0.05) is 23.5 Å². The minimum atomic E-state index is -1.08. The number of aromatic nitrogens is 1. The summed E-state index contributed by atoms with van der Waals surface area (Å²) in [5.41, 5.74) is 0.108. The molecule has 0 bridgehead atoms. The van der Waals surface area contributed by atoms with Crippen LogP contribution >= 0.6 is 11.3 Å². The van der Waals surface area contributed by atoms with Gasteiger partial charge in [0.15, 0.2) is 16.3 Å². The fourth-order valence-electron chi connectivity index (χ4n) is 4.46. The number of benzene rings is 2. The second-order valence-electron chi connectivity index (χ2n) is 8.63. The van der Waals surface area contributed by atoms with Crippen LogP contribution in [0.4, 0.5) is 11.4 Å². The van der Waals surface area contributed by atoms with Crippen LogP contribution in [0.1, 0.15) is 36.6 Å². The number of nitro groups is 2. The van der Waals surface area contributed by atoms with E-state index in [2.05, 4.69) is 4.99 Å². The van der Waals surface area contributed by atoms with E-state index in [1.807, 2.05) is 0 Å². The Bertz CT molecular complexity index is 1790. The molecule has 0 aliphatic carbocycles. The Balaban J connectivity index is 1.76. The maximum Gasteiger partial charge on any atom is 0.338 e. The molecule has 3 aromatic rings. The molecule has 0 spiro atoms. The molecule has 39 heavy (non-hydrogen) atoms. The van der Waals surface area contributed by atoms with Crippen molar-refractivity contribution in [2.45, 2.75) is 26.8 Å². The molecular weight excluding hydrogens is 532 g/mol. The number of allylic oxidation sites excluding steroid dienone is 1. The van der Waals surface area contributed by atoms with E-state index in [0.717, 1.165) is 11.3 Å². The van der Waals surface area contributed by atoms with Gasteiger partial charge in [0.1, 0.15) is 0 Å². The van der Waals surface area contributed by atoms with Crippen LogP contribution < -0.4 is 24.4 Å². The number of aryl methyl sites for hydroxylation is 1. The normalized spacial score (nSPS) is 16.1. The van der Waals surface area contributed by atoms with Crippen LogP contribution in [0.3, 0.4) is 0 Å². The summed E-state index contributed by atoms with van der Waals surface area (Å²) in [5.74, 6) is -0.200. The van der Waals surface area contributed by atoms with Crippen molar-refractivity contribution in [1.82, 2.24) is 4.57 Å². The van der Waals surface area contributed by atoms with Crippen molar-refractivity contribution in [3.8, 4) is 11.5 Å². The van der Waals surface area contributed by atoms with Crippen molar-refractivity contribution in [3.63, 3.8) is 0 Å². The number of nitro benzene ring substituents is 2. The Labute approximate surface area is 223 Å². The summed E-state index contributed by atoms with van der Waals surface area (Å²) in [6, 6.07) is 6.02. The number of thiazole rings is 1. The van der Waals surface area contributed by atoms with Gasteiger partial charge in [0.05, 0.1) is 49.9 Å². The third-order valence-corrected chi connectivity index (χ3v) is 7.25. The van der Waals surface area contributed by atoms with Gasteiger partial charge in [-0.25, -0.2) is 9.79 Å². The van der Waals surface area contributed by atoms with Gasteiger partial charge in [0.2, 0.25) is 6.79 Å². The first kappa shape index (κ1) is 25.8. The lowest BCUT2D eigenvalue weighted by atomic mass is 9.94. The van der Waals surface area contributed by atoms with Gasteiger partial charge in [0.25, 0.3) is 16.9 Å². The number of carbonyl (C=O) groups excluding carboxylic acids is 1. The smallest absolute Gasteiger partial charge is 0.338 e. The number of hydrogen-bond acceptors (Lipinski definition) is 11. The van der Waals surface area contributed by atoms with Crippen LogP contribution in [0.5, 0.6) is 11.5 Å².